The van der Waals surface area contributed by atoms with E-state index >= 15 is 0 Å². The minimum Gasteiger partial charge on any atom is -0.454 e. The summed E-state index contributed by atoms with van der Waals surface area (Å²) in [6.45, 7) is 0.428. The molecule has 0 spiro atoms. The van der Waals surface area contributed by atoms with Crippen LogP contribution < -0.4 is 20.3 Å². The molecule has 2 heterocycles. The number of amides is 1. The molecule has 0 saturated heterocycles. The number of para-hydroxylation sites is 1. The van der Waals surface area contributed by atoms with E-state index in [1.807, 2.05) is 6.07 Å². The first-order chi connectivity index (χ1) is 16.5. The fraction of sp³-hybridized carbons (Fsp3) is 0.125. The van der Waals surface area contributed by atoms with Gasteiger partial charge in [-0.3, -0.25) is 14.2 Å². The molecule has 172 valence electrons. The van der Waals surface area contributed by atoms with E-state index in [1.54, 1.807) is 36.4 Å². The van der Waals surface area contributed by atoms with Crippen LogP contribution in [0.5, 0.6) is 11.5 Å². The number of thioether (sulfide) groups is 1. The summed E-state index contributed by atoms with van der Waals surface area (Å²) in [7, 11) is 0. The van der Waals surface area contributed by atoms with Gasteiger partial charge in [0.15, 0.2) is 16.7 Å². The van der Waals surface area contributed by atoms with Crippen LogP contribution in [0.15, 0.2) is 70.6 Å². The van der Waals surface area contributed by atoms with Crippen LogP contribution in [0.2, 0.25) is 0 Å². The molecule has 10 heteroatoms. The van der Waals surface area contributed by atoms with Crippen molar-refractivity contribution >= 4 is 28.6 Å². The molecule has 0 fully saturated rings. The van der Waals surface area contributed by atoms with Crippen LogP contribution in [0.4, 0.5) is 8.78 Å². The van der Waals surface area contributed by atoms with Gasteiger partial charge in [-0.25, -0.2) is 13.8 Å². The number of halogens is 2. The van der Waals surface area contributed by atoms with Crippen LogP contribution in [0, 0.1) is 11.6 Å². The molecule has 0 atom stereocenters. The minimum atomic E-state index is -0.909. The summed E-state index contributed by atoms with van der Waals surface area (Å²) in [6, 6.07) is 14.9. The highest BCUT2D eigenvalue weighted by atomic mass is 32.2. The van der Waals surface area contributed by atoms with Crippen molar-refractivity contribution in [1.82, 2.24) is 14.9 Å². The van der Waals surface area contributed by atoms with Crippen LogP contribution in [0.1, 0.15) is 5.56 Å². The molecule has 7 nitrogen and oxygen atoms in total. The van der Waals surface area contributed by atoms with E-state index in [0.29, 0.717) is 23.1 Å². The summed E-state index contributed by atoms with van der Waals surface area (Å²) >= 11 is 0.982. The number of ether oxygens (including phenoxy) is 2. The van der Waals surface area contributed by atoms with E-state index in [4.69, 9.17) is 9.47 Å². The number of carbonyl (C=O) groups excluding carboxylic acids is 1. The summed E-state index contributed by atoms with van der Waals surface area (Å²) in [6.07, 6.45) is 0. The fourth-order valence-electron chi connectivity index (χ4n) is 3.52. The zero-order chi connectivity index (χ0) is 23.7. The second-order valence-electron chi connectivity index (χ2n) is 7.40. The van der Waals surface area contributed by atoms with Gasteiger partial charge in [-0.1, -0.05) is 30.0 Å². The standard InChI is InChI=1S/C24H17F2N3O4S/c25-15-6-7-19(17(26)10-15)29-23(31)16-3-1-2-4-18(16)28-24(29)34-12-22(30)27-11-14-5-8-20-21(9-14)33-13-32-20/h1-10H,11-13H2,(H,27,30). The van der Waals surface area contributed by atoms with E-state index in [-0.39, 0.29) is 41.2 Å². The summed E-state index contributed by atoms with van der Waals surface area (Å²) in [4.78, 5) is 30.1. The maximum absolute atomic E-state index is 14.6. The second-order valence-corrected chi connectivity index (χ2v) is 8.34. The first-order valence-electron chi connectivity index (χ1n) is 10.2. The lowest BCUT2D eigenvalue weighted by molar-refractivity contribution is -0.118. The number of hydrogen-bond donors (Lipinski definition) is 1. The molecule has 1 aliphatic rings. The lowest BCUT2D eigenvalue weighted by atomic mass is 10.2. The number of aromatic nitrogens is 2. The Morgan fingerprint density at radius 3 is 2.74 bits per heavy atom. The number of rotatable bonds is 6. The van der Waals surface area contributed by atoms with Crippen molar-refractivity contribution in [3.63, 3.8) is 0 Å². The largest absolute Gasteiger partial charge is 0.454 e. The Kier molecular flexibility index (Phi) is 5.89. The monoisotopic (exact) mass is 481 g/mol. The van der Waals surface area contributed by atoms with Crippen molar-refractivity contribution in [2.75, 3.05) is 12.5 Å². The van der Waals surface area contributed by atoms with E-state index in [9.17, 15) is 18.4 Å². The SMILES string of the molecule is O=C(CSc1nc2ccccc2c(=O)n1-c1ccc(F)cc1F)NCc1ccc2c(c1)OCO2. The van der Waals surface area contributed by atoms with E-state index in [2.05, 4.69) is 10.3 Å². The van der Waals surface area contributed by atoms with Gasteiger partial charge in [-0.2, -0.15) is 0 Å². The Hall–Kier alpha value is -3.92. The topological polar surface area (TPSA) is 82.5 Å². The van der Waals surface area contributed by atoms with Crippen molar-refractivity contribution in [2.45, 2.75) is 11.7 Å². The molecule has 0 unspecified atom stereocenters. The number of carbonyl (C=O) groups is 1. The molecular formula is C24H17F2N3O4S. The average Bonchev–Trinajstić information content (AvgIpc) is 3.30. The van der Waals surface area contributed by atoms with Gasteiger partial charge in [0.05, 0.1) is 22.3 Å². The van der Waals surface area contributed by atoms with Crippen molar-refractivity contribution in [2.24, 2.45) is 0 Å². The van der Waals surface area contributed by atoms with Crippen LogP contribution >= 0.6 is 11.8 Å². The predicted molar refractivity (Wildman–Crippen MR) is 122 cm³/mol. The molecule has 1 amide bonds. The Morgan fingerprint density at radius 1 is 1.06 bits per heavy atom. The molecule has 0 radical (unpaired) electrons. The van der Waals surface area contributed by atoms with Gasteiger partial charge in [0, 0.05) is 12.6 Å². The molecule has 0 bridgehead atoms. The van der Waals surface area contributed by atoms with E-state index < -0.39 is 17.2 Å². The van der Waals surface area contributed by atoms with Gasteiger partial charge in [-0.15, -0.1) is 0 Å². The van der Waals surface area contributed by atoms with Crippen molar-refractivity contribution < 1.29 is 23.0 Å². The lowest BCUT2D eigenvalue weighted by Crippen LogP contribution is -2.26. The number of hydrogen-bond acceptors (Lipinski definition) is 6. The van der Waals surface area contributed by atoms with Gasteiger partial charge in [-0.05, 0) is 42.0 Å². The summed E-state index contributed by atoms with van der Waals surface area (Å²) in [5.41, 5.74) is 0.582. The van der Waals surface area contributed by atoms with Gasteiger partial charge in [0.2, 0.25) is 12.7 Å². The van der Waals surface area contributed by atoms with Crippen LogP contribution in [0.3, 0.4) is 0 Å². The number of fused-ring (bicyclic) bond motifs is 2. The highest BCUT2D eigenvalue weighted by Crippen LogP contribution is 2.32. The van der Waals surface area contributed by atoms with Crippen molar-refractivity contribution in [1.29, 1.82) is 0 Å². The van der Waals surface area contributed by atoms with Crippen LogP contribution in [-0.4, -0.2) is 28.0 Å². The third kappa shape index (κ3) is 4.32. The molecule has 0 saturated carbocycles. The second kappa shape index (κ2) is 9.14. The zero-order valence-corrected chi connectivity index (χ0v) is 18.4. The highest BCUT2D eigenvalue weighted by molar-refractivity contribution is 7.99. The fourth-order valence-corrected chi connectivity index (χ4v) is 4.35. The quantitative estimate of drug-likeness (QED) is 0.333. The first-order valence-corrected chi connectivity index (χ1v) is 11.2. The van der Waals surface area contributed by atoms with Gasteiger partial charge >= 0.3 is 0 Å². The maximum atomic E-state index is 14.6. The van der Waals surface area contributed by atoms with Crippen molar-refractivity contribution in [3.05, 3.63) is 88.2 Å². The Labute approximate surface area is 196 Å². The molecule has 1 aromatic heterocycles. The molecule has 3 aromatic carbocycles. The Bertz CT molecular complexity index is 1470. The normalized spacial score (nSPS) is 12.2. The van der Waals surface area contributed by atoms with Crippen LogP contribution in [0.25, 0.3) is 16.6 Å². The lowest BCUT2D eigenvalue weighted by Gasteiger charge is -2.14. The Balaban J connectivity index is 1.38. The van der Waals surface area contributed by atoms with Crippen molar-refractivity contribution in [3.8, 4) is 17.2 Å². The number of nitrogens with zero attached hydrogens (tertiary/aromatic N) is 2. The smallest absolute Gasteiger partial charge is 0.266 e. The molecule has 5 rings (SSSR count). The summed E-state index contributed by atoms with van der Waals surface area (Å²) in [5.74, 6) is -0.784. The van der Waals surface area contributed by atoms with Gasteiger partial charge in [0.1, 0.15) is 11.6 Å². The molecule has 0 aliphatic carbocycles. The minimum absolute atomic E-state index is 0.0713. The average molecular weight is 481 g/mol. The Morgan fingerprint density at radius 2 is 1.88 bits per heavy atom. The summed E-state index contributed by atoms with van der Waals surface area (Å²) < 4.78 is 39.7. The molecule has 1 N–H and O–H groups in total. The molecule has 1 aliphatic heterocycles. The maximum Gasteiger partial charge on any atom is 0.266 e. The predicted octanol–water partition coefficient (Wildman–Crippen LogP) is 3.80. The third-order valence-electron chi connectivity index (χ3n) is 5.15. The van der Waals surface area contributed by atoms with E-state index in [1.165, 1.54) is 6.07 Å². The van der Waals surface area contributed by atoms with E-state index in [0.717, 1.165) is 28.0 Å². The highest BCUT2D eigenvalue weighted by Gasteiger charge is 2.18. The van der Waals surface area contributed by atoms with Crippen LogP contribution in [-0.2, 0) is 11.3 Å². The molecular weight excluding hydrogens is 464 g/mol. The number of benzene rings is 3. The van der Waals surface area contributed by atoms with Gasteiger partial charge < -0.3 is 14.8 Å². The molecule has 4 aromatic rings. The molecule has 34 heavy (non-hydrogen) atoms. The zero-order valence-electron chi connectivity index (χ0n) is 17.6. The number of nitrogens with one attached hydrogen (secondary N) is 1. The third-order valence-corrected chi connectivity index (χ3v) is 6.09. The van der Waals surface area contributed by atoms with Gasteiger partial charge in [0.25, 0.3) is 5.56 Å². The summed E-state index contributed by atoms with van der Waals surface area (Å²) in [5, 5.41) is 3.19. The first kappa shape index (κ1) is 21.9.